The summed E-state index contributed by atoms with van der Waals surface area (Å²) in [6.07, 6.45) is -1.45. The minimum atomic E-state index is -1.45. The molecule has 1 saturated heterocycles. The standard InChI is InChI=1S/C19H24FN5O3/c1-19(2,3)22-17-10-9-15(25(26)27)18(21-17)24(14-7-5-4-6-8-14)23-11-12-28-13-16(23)20/h4-10,16H,11-13H2,1-3H3,(H,21,22). The highest BCUT2D eigenvalue weighted by Gasteiger charge is 2.34. The van der Waals surface area contributed by atoms with Gasteiger partial charge >= 0.3 is 5.69 Å². The van der Waals surface area contributed by atoms with Crippen molar-refractivity contribution >= 4 is 23.0 Å². The average Bonchev–Trinajstić information content (AvgIpc) is 2.63. The van der Waals surface area contributed by atoms with Gasteiger partial charge in [0.2, 0.25) is 5.82 Å². The number of halogens is 1. The number of nitro groups is 1. The van der Waals surface area contributed by atoms with Crippen molar-refractivity contribution < 1.29 is 14.1 Å². The topological polar surface area (TPSA) is 83.8 Å². The van der Waals surface area contributed by atoms with E-state index in [1.54, 1.807) is 30.3 Å². The smallest absolute Gasteiger partial charge is 0.313 e. The fourth-order valence-corrected chi connectivity index (χ4v) is 2.94. The Labute approximate surface area is 163 Å². The molecular formula is C19H24FN5O3. The molecule has 3 rings (SSSR count). The number of ether oxygens (including phenoxy) is 1. The number of hydrogen-bond acceptors (Lipinski definition) is 7. The highest BCUT2D eigenvalue weighted by molar-refractivity contribution is 5.69. The van der Waals surface area contributed by atoms with Crippen LogP contribution in [0.1, 0.15) is 20.8 Å². The third kappa shape index (κ3) is 4.55. The maximum atomic E-state index is 14.7. The van der Waals surface area contributed by atoms with E-state index >= 15 is 0 Å². The molecule has 28 heavy (non-hydrogen) atoms. The zero-order valence-corrected chi connectivity index (χ0v) is 16.1. The molecule has 0 radical (unpaired) electrons. The van der Waals surface area contributed by atoms with Crippen LogP contribution < -0.4 is 10.3 Å². The van der Waals surface area contributed by atoms with Gasteiger partial charge in [0.05, 0.1) is 23.8 Å². The molecule has 8 nitrogen and oxygen atoms in total. The van der Waals surface area contributed by atoms with Crippen molar-refractivity contribution in [1.82, 2.24) is 9.99 Å². The van der Waals surface area contributed by atoms with Crippen molar-refractivity contribution in [2.45, 2.75) is 32.6 Å². The second-order valence-electron chi connectivity index (χ2n) is 7.49. The van der Waals surface area contributed by atoms with Crippen molar-refractivity contribution in [2.24, 2.45) is 0 Å². The van der Waals surface area contributed by atoms with Crippen LogP contribution in [0.3, 0.4) is 0 Å². The molecule has 0 amide bonds. The summed E-state index contributed by atoms with van der Waals surface area (Å²) in [7, 11) is 0. The third-order valence-corrected chi connectivity index (χ3v) is 4.06. The van der Waals surface area contributed by atoms with E-state index in [0.29, 0.717) is 18.1 Å². The predicted molar refractivity (Wildman–Crippen MR) is 105 cm³/mol. The second-order valence-corrected chi connectivity index (χ2v) is 7.49. The van der Waals surface area contributed by atoms with Gasteiger partial charge in [0.1, 0.15) is 5.82 Å². The Morgan fingerprint density at radius 3 is 2.61 bits per heavy atom. The lowest BCUT2D eigenvalue weighted by molar-refractivity contribution is -0.384. The monoisotopic (exact) mass is 389 g/mol. The predicted octanol–water partition coefficient (Wildman–Crippen LogP) is 3.88. The first-order chi connectivity index (χ1) is 13.3. The Bertz CT molecular complexity index is 828. The van der Waals surface area contributed by atoms with E-state index in [9.17, 15) is 14.5 Å². The van der Waals surface area contributed by atoms with Gasteiger partial charge in [-0.25, -0.2) is 14.4 Å². The lowest BCUT2D eigenvalue weighted by Gasteiger charge is -2.39. The molecule has 1 atom stereocenters. The lowest BCUT2D eigenvalue weighted by atomic mass is 10.1. The van der Waals surface area contributed by atoms with Gasteiger partial charge in [-0.2, -0.15) is 5.01 Å². The molecule has 1 N–H and O–H groups in total. The van der Waals surface area contributed by atoms with Crippen LogP contribution in [0.2, 0.25) is 0 Å². The van der Waals surface area contributed by atoms with Crippen LogP contribution in [0, 0.1) is 10.1 Å². The van der Waals surface area contributed by atoms with Gasteiger partial charge in [0, 0.05) is 18.2 Å². The van der Waals surface area contributed by atoms with E-state index in [1.807, 2.05) is 26.8 Å². The van der Waals surface area contributed by atoms with E-state index in [0.717, 1.165) is 0 Å². The highest BCUT2D eigenvalue weighted by Crippen LogP contribution is 2.36. The van der Waals surface area contributed by atoms with Crippen LogP contribution in [0.15, 0.2) is 42.5 Å². The van der Waals surface area contributed by atoms with Crippen LogP contribution in [0.25, 0.3) is 0 Å². The number of pyridine rings is 1. The largest absolute Gasteiger partial charge is 0.376 e. The number of aromatic nitrogens is 1. The Kier molecular flexibility index (Phi) is 5.76. The summed E-state index contributed by atoms with van der Waals surface area (Å²) in [6.45, 7) is 6.33. The van der Waals surface area contributed by atoms with Gasteiger partial charge in [-0.05, 0) is 39.0 Å². The molecule has 2 heterocycles. The van der Waals surface area contributed by atoms with Crippen molar-refractivity contribution in [1.29, 1.82) is 0 Å². The minimum Gasteiger partial charge on any atom is -0.376 e. The molecular weight excluding hydrogens is 365 g/mol. The van der Waals surface area contributed by atoms with Crippen LogP contribution in [0.4, 0.5) is 27.4 Å². The summed E-state index contributed by atoms with van der Waals surface area (Å²) in [5.41, 5.74) is 0.0806. The summed E-state index contributed by atoms with van der Waals surface area (Å²) >= 11 is 0. The Hall–Kier alpha value is -2.78. The number of para-hydroxylation sites is 1. The van der Waals surface area contributed by atoms with E-state index in [2.05, 4.69) is 10.3 Å². The number of alkyl halides is 1. The van der Waals surface area contributed by atoms with Crippen LogP contribution in [-0.4, -0.2) is 46.5 Å². The molecule has 0 spiro atoms. The number of anilines is 3. The minimum absolute atomic E-state index is 0.0509. The third-order valence-electron chi connectivity index (χ3n) is 4.06. The van der Waals surface area contributed by atoms with Gasteiger partial charge in [-0.15, -0.1) is 0 Å². The number of hydrazine groups is 1. The number of rotatable bonds is 5. The molecule has 9 heteroatoms. The Morgan fingerprint density at radius 1 is 1.29 bits per heavy atom. The van der Waals surface area contributed by atoms with Crippen molar-refractivity contribution in [3.63, 3.8) is 0 Å². The normalized spacial score (nSPS) is 17.9. The van der Waals surface area contributed by atoms with Crippen LogP contribution in [0.5, 0.6) is 0 Å². The van der Waals surface area contributed by atoms with Crippen LogP contribution in [-0.2, 0) is 4.74 Å². The Balaban J connectivity index is 2.14. The zero-order valence-electron chi connectivity index (χ0n) is 16.1. The first-order valence-corrected chi connectivity index (χ1v) is 9.03. The molecule has 2 aromatic rings. The van der Waals surface area contributed by atoms with Gasteiger partial charge in [-0.3, -0.25) is 10.1 Å². The van der Waals surface area contributed by atoms with Gasteiger partial charge < -0.3 is 10.1 Å². The van der Waals surface area contributed by atoms with Crippen molar-refractivity contribution in [3.05, 3.63) is 52.6 Å². The van der Waals surface area contributed by atoms with Crippen LogP contribution >= 0.6 is 0 Å². The van der Waals surface area contributed by atoms with E-state index < -0.39 is 11.2 Å². The number of nitrogens with one attached hydrogen (secondary N) is 1. The number of hydrogen-bond donors (Lipinski definition) is 1. The molecule has 0 bridgehead atoms. The fourth-order valence-electron chi connectivity index (χ4n) is 2.94. The second kappa shape index (κ2) is 8.07. The molecule has 0 aliphatic carbocycles. The first-order valence-electron chi connectivity index (χ1n) is 9.03. The molecule has 1 aliphatic heterocycles. The van der Waals surface area contributed by atoms with Crippen molar-refractivity contribution in [3.8, 4) is 0 Å². The summed E-state index contributed by atoms with van der Waals surface area (Å²) in [4.78, 5) is 15.7. The first kappa shape index (κ1) is 20.0. The summed E-state index contributed by atoms with van der Waals surface area (Å²) in [5.74, 6) is 0.521. The maximum absolute atomic E-state index is 14.7. The molecule has 1 aromatic heterocycles. The molecule has 1 fully saturated rings. The average molecular weight is 389 g/mol. The van der Waals surface area contributed by atoms with Crippen molar-refractivity contribution in [2.75, 3.05) is 30.1 Å². The summed E-state index contributed by atoms with van der Waals surface area (Å²) in [5, 5.41) is 17.8. The number of morpholine rings is 1. The van der Waals surface area contributed by atoms with E-state index in [4.69, 9.17) is 4.74 Å². The number of benzene rings is 1. The molecule has 150 valence electrons. The lowest BCUT2D eigenvalue weighted by Crippen LogP contribution is -2.51. The molecule has 1 unspecified atom stereocenters. The summed E-state index contributed by atoms with van der Waals surface area (Å²) < 4.78 is 19.9. The highest BCUT2D eigenvalue weighted by atomic mass is 19.1. The fraction of sp³-hybridized carbons (Fsp3) is 0.421. The summed E-state index contributed by atoms with van der Waals surface area (Å²) in [6, 6.07) is 11.9. The quantitative estimate of drug-likeness (QED) is 0.472. The molecule has 1 aromatic carbocycles. The van der Waals surface area contributed by atoms with E-state index in [-0.39, 0.29) is 30.2 Å². The Morgan fingerprint density at radius 2 is 2.00 bits per heavy atom. The van der Waals surface area contributed by atoms with Gasteiger partial charge in [0.25, 0.3) is 0 Å². The molecule has 1 aliphatic rings. The van der Waals surface area contributed by atoms with Gasteiger partial charge in [0.15, 0.2) is 6.30 Å². The zero-order chi connectivity index (χ0) is 20.3. The SMILES string of the molecule is CC(C)(C)Nc1ccc([N+](=O)[O-])c(N(c2ccccc2)N2CCOCC2F)n1. The maximum Gasteiger partial charge on any atom is 0.313 e. The van der Waals surface area contributed by atoms with E-state index in [1.165, 1.54) is 16.1 Å². The van der Waals surface area contributed by atoms with Gasteiger partial charge in [-0.1, -0.05) is 18.2 Å². The number of nitrogens with zero attached hydrogens (tertiary/aromatic N) is 4. The molecule has 0 saturated carbocycles.